The fourth-order valence-corrected chi connectivity index (χ4v) is 1.76. The monoisotopic (exact) mass is 256 g/mol. The molecule has 1 rings (SSSR count). The number of benzene rings is 1. The molecule has 18 heavy (non-hydrogen) atoms. The van der Waals surface area contributed by atoms with Crippen LogP contribution in [-0.2, 0) is 0 Å². The van der Waals surface area contributed by atoms with Gasteiger partial charge >= 0.3 is 0 Å². The molecule has 3 N–H and O–H groups in total. The third-order valence-corrected chi connectivity index (χ3v) is 3.82. The minimum atomic E-state index is -0.887. The van der Waals surface area contributed by atoms with Crippen molar-refractivity contribution < 1.29 is 8.78 Å². The van der Waals surface area contributed by atoms with Gasteiger partial charge in [0.05, 0.1) is 11.4 Å². The molecular formula is C14H22F2N2. The molecule has 0 aliphatic rings. The van der Waals surface area contributed by atoms with Gasteiger partial charge in [-0.15, -0.1) is 0 Å². The number of anilines is 2. The highest BCUT2D eigenvalue weighted by atomic mass is 19.2. The van der Waals surface area contributed by atoms with Gasteiger partial charge in [0.1, 0.15) is 0 Å². The zero-order chi connectivity index (χ0) is 13.9. The quantitative estimate of drug-likeness (QED) is 0.778. The first-order chi connectivity index (χ1) is 8.34. The number of hydrogen-bond acceptors (Lipinski definition) is 2. The molecule has 0 aliphatic heterocycles. The topological polar surface area (TPSA) is 38.0 Å². The van der Waals surface area contributed by atoms with E-state index < -0.39 is 11.6 Å². The van der Waals surface area contributed by atoms with E-state index in [9.17, 15) is 8.78 Å². The number of hydrogen-bond donors (Lipinski definition) is 2. The summed E-state index contributed by atoms with van der Waals surface area (Å²) in [6, 6.07) is 1.45. The van der Waals surface area contributed by atoms with Crippen LogP contribution in [0.25, 0.3) is 0 Å². The molecule has 0 unspecified atom stereocenters. The molecule has 0 spiro atoms. The van der Waals surface area contributed by atoms with E-state index in [1.54, 1.807) is 0 Å². The van der Waals surface area contributed by atoms with Crippen molar-refractivity contribution >= 4 is 11.4 Å². The number of nitrogens with one attached hydrogen (secondary N) is 1. The van der Waals surface area contributed by atoms with E-state index in [2.05, 4.69) is 26.1 Å². The van der Waals surface area contributed by atoms with Crippen LogP contribution in [-0.4, -0.2) is 6.54 Å². The lowest BCUT2D eigenvalue weighted by atomic mass is 9.84. The maximum atomic E-state index is 13.8. The van der Waals surface area contributed by atoms with Gasteiger partial charge in [-0.1, -0.05) is 20.8 Å². The lowest BCUT2D eigenvalue weighted by Gasteiger charge is -2.28. The molecule has 0 amide bonds. The van der Waals surface area contributed by atoms with Gasteiger partial charge in [-0.05, 0) is 36.8 Å². The Morgan fingerprint density at radius 3 is 2.28 bits per heavy atom. The first-order valence-corrected chi connectivity index (χ1v) is 6.32. The maximum Gasteiger partial charge on any atom is 0.184 e. The van der Waals surface area contributed by atoms with Crippen LogP contribution in [0.3, 0.4) is 0 Å². The van der Waals surface area contributed by atoms with Crippen LogP contribution in [0.1, 0.15) is 39.2 Å². The number of rotatable bonds is 5. The van der Waals surface area contributed by atoms with E-state index in [4.69, 9.17) is 5.73 Å². The summed E-state index contributed by atoms with van der Waals surface area (Å²) >= 11 is 0. The molecule has 0 bridgehead atoms. The van der Waals surface area contributed by atoms with Gasteiger partial charge in [-0.25, -0.2) is 8.78 Å². The molecular weight excluding hydrogens is 234 g/mol. The zero-order valence-corrected chi connectivity index (χ0v) is 11.5. The predicted molar refractivity (Wildman–Crippen MR) is 72.7 cm³/mol. The Balaban J connectivity index is 2.96. The molecule has 0 aromatic heterocycles. The van der Waals surface area contributed by atoms with Gasteiger partial charge in [0.15, 0.2) is 11.6 Å². The lowest BCUT2D eigenvalue weighted by Crippen LogP contribution is -2.25. The van der Waals surface area contributed by atoms with Crippen LogP contribution in [0.4, 0.5) is 20.2 Å². The average molecular weight is 256 g/mol. The summed E-state index contributed by atoms with van der Waals surface area (Å²) < 4.78 is 27.3. The van der Waals surface area contributed by atoms with Crippen molar-refractivity contribution in [3.63, 3.8) is 0 Å². The molecule has 0 fully saturated rings. The number of nitrogens with two attached hydrogens (primary N) is 1. The Kier molecular flexibility index (Phi) is 4.54. The van der Waals surface area contributed by atoms with E-state index in [0.29, 0.717) is 6.54 Å². The first-order valence-electron chi connectivity index (χ1n) is 6.32. The standard InChI is InChI=1S/C14H22F2N2/c1-5-14(4,6-2)8-18-13-10(17)7-9(3)11(15)12(13)16/h7,18H,5-6,8,17H2,1-4H3. The highest BCUT2D eigenvalue weighted by Gasteiger charge is 2.22. The number of halogens is 2. The highest BCUT2D eigenvalue weighted by Crippen LogP contribution is 2.31. The van der Waals surface area contributed by atoms with Crippen molar-refractivity contribution in [2.75, 3.05) is 17.6 Å². The Labute approximate surface area is 108 Å². The van der Waals surface area contributed by atoms with E-state index >= 15 is 0 Å². The Bertz CT molecular complexity index is 426. The van der Waals surface area contributed by atoms with Crippen molar-refractivity contribution in [3.8, 4) is 0 Å². The molecule has 0 aliphatic carbocycles. The van der Waals surface area contributed by atoms with Crippen LogP contribution in [0.15, 0.2) is 6.07 Å². The Morgan fingerprint density at radius 2 is 1.78 bits per heavy atom. The van der Waals surface area contributed by atoms with Crippen LogP contribution in [0.2, 0.25) is 0 Å². The molecule has 0 saturated carbocycles. The SMILES string of the molecule is CCC(C)(CC)CNc1c(N)cc(C)c(F)c1F. The Morgan fingerprint density at radius 1 is 1.22 bits per heavy atom. The minimum absolute atomic E-state index is 0.0558. The molecule has 4 heteroatoms. The van der Waals surface area contributed by atoms with Crippen LogP contribution in [0, 0.1) is 24.0 Å². The predicted octanol–water partition coefficient (Wildman–Crippen LogP) is 4.09. The highest BCUT2D eigenvalue weighted by molar-refractivity contribution is 5.68. The van der Waals surface area contributed by atoms with Crippen molar-refractivity contribution in [2.24, 2.45) is 5.41 Å². The third-order valence-electron chi connectivity index (χ3n) is 3.82. The van der Waals surface area contributed by atoms with Gasteiger partial charge in [-0.2, -0.15) is 0 Å². The second kappa shape index (κ2) is 5.55. The normalized spacial score (nSPS) is 11.7. The summed E-state index contributed by atoms with van der Waals surface area (Å²) in [6.07, 6.45) is 1.93. The van der Waals surface area contributed by atoms with Crippen molar-refractivity contribution in [1.82, 2.24) is 0 Å². The van der Waals surface area contributed by atoms with Gasteiger partial charge in [0.2, 0.25) is 0 Å². The summed E-state index contributed by atoms with van der Waals surface area (Å²) in [5.41, 5.74) is 6.34. The third kappa shape index (κ3) is 2.92. The fraction of sp³-hybridized carbons (Fsp3) is 0.571. The first kappa shape index (κ1) is 14.7. The van der Waals surface area contributed by atoms with Crippen molar-refractivity contribution in [2.45, 2.75) is 40.5 Å². The summed E-state index contributed by atoms with van der Waals surface area (Å²) in [6.45, 7) is 8.35. The van der Waals surface area contributed by atoms with E-state index in [1.807, 2.05) is 0 Å². The molecule has 102 valence electrons. The molecule has 0 atom stereocenters. The van der Waals surface area contributed by atoms with Gasteiger partial charge in [0.25, 0.3) is 0 Å². The molecule has 1 aromatic rings. The van der Waals surface area contributed by atoms with Gasteiger partial charge in [0, 0.05) is 6.54 Å². The summed E-state index contributed by atoms with van der Waals surface area (Å²) in [4.78, 5) is 0. The number of aryl methyl sites for hydroxylation is 1. The molecule has 2 nitrogen and oxygen atoms in total. The van der Waals surface area contributed by atoms with E-state index in [1.165, 1.54) is 13.0 Å². The van der Waals surface area contributed by atoms with Gasteiger partial charge in [-0.3, -0.25) is 0 Å². The molecule has 1 aromatic carbocycles. The molecule has 0 saturated heterocycles. The van der Waals surface area contributed by atoms with E-state index in [-0.39, 0.29) is 22.4 Å². The maximum absolute atomic E-state index is 13.8. The van der Waals surface area contributed by atoms with Crippen molar-refractivity contribution in [1.29, 1.82) is 0 Å². The van der Waals surface area contributed by atoms with Crippen LogP contribution < -0.4 is 11.1 Å². The zero-order valence-electron chi connectivity index (χ0n) is 11.5. The van der Waals surface area contributed by atoms with Crippen LogP contribution in [0.5, 0.6) is 0 Å². The van der Waals surface area contributed by atoms with Crippen LogP contribution >= 0.6 is 0 Å². The summed E-state index contributed by atoms with van der Waals surface area (Å²) in [5, 5.41) is 2.95. The second-order valence-electron chi connectivity index (χ2n) is 5.16. The van der Waals surface area contributed by atoms with E-state index in [0.717, 1.165) is 12.8 Å². The summed E-state index contributed by atoms with van der Waals surface area (Å²) in [7, 11) is 0. The largest absolute Gasteiger partial charge is 0.397 e. The Hall–Kier alpha value is -1.32. The minimum Gasteiger partial charge on any atom is -0.397 e. The van der Waals surface area contributed by atoms with Crippen molar-refractivity contribution in [3.05, 3.63) is 23.3 Å². The average Bonchev–Trinajstić information content (AvgIpc) is 2.35. The van der Waals surface area contributed by atoms with Gasteiger partial charge < -0.3 is 11.1 Å². The molecule has 0 radical (unpaired) electrons. The second-order valence-corrected chi connectivity index (χ2v) is 5.16. The number of nitrogen functional groups attached to an aromatic ring is 1. The smallest absolute Gasteiger partial charge is 0.184 e. The molecule has 0 heterocycles. The fourth-order valence-electron chi connectivity index (χ4n) is 1.76. The lowest BCUT2D eigenvalue weighted by molar-refractivity contribution is 0.320. The summed E-state index contributed by atoms with van der Waals surface area (Å²) in [5.74, 6) is -1.72.